The van der Waals surface area contributed by atoms with Crippen molar-refractivity contribution in [2.24, 2.45) is 0 Å². The maximum atomic E-state index is 12.7. The fourth-order valence-electron chi connectivity index (χ4n) is 3.01. The maximum absolute atomic E-state index is 12.7. The van der Waals surface area contributed by atoms with E-state index in [1.807, 2.05) is 0 Å². The average Bonchev–Trinajstić information content (AvgIpc) is 2.79. The van der Waals surface area contributed by atoms with Crippen molar-refractivity contribution in [2.45, 2.75) is 17.9 Å². The Morgan fingerprint density at radius 2 is 1.78 bits per heavy atom. The van der Waals surface area contributed by atoms with Crippen LogP contribution in [0.15, 0.2) is 47.4 Å². The van der Waals surface area contributed by atoms with Crippen LogP contribution in [-0.4, -0.2) is 64.1 Å². The van der Waals surface area contributed by atoms with Gasteiger partial charge in [0.05, 0.1) is 25.2 Å². The third-order valence-corrected chi connectivity index (χ3v) is 6.91. The van der Waals surface area contributed by atoms with Crippen molar-refractivity contribution in [3.8, 4) is 5.75 Å². The average molecular weight is 483 g/mol. The van der Waals surface area contributed by atoms with Gasteiger partial charge < -0.3 is 19.5 Å². The molecule has 11 heteroatoms. The van der Waals surface area contributed by atoms with E-state index in [2.05, 4.69) is 5.32 Å². The lowest BCUT2D eigenvalue weighted by Gasteiger charge is -2.26. The largest absolute Gasteiger partial charge is 0.496 e. The molecule has 1 aliphatic heterocycles. The van der Waals surface area contributed by atoms with Crippen LogP contribution in [0.3, 0.4) is 0 Å². The summed E-state index contributed by atoms with van der Waals surface area (Å²) in [5, 5.41) is 2.92. The summed E-state index contributed by atoms with van der Waals surface area (Å²) in [7, 11) is -2.23. The number of ether oxygens (including phenoxy) is 3. The zero-order valence-electron chi connectivity index (χ0n) is 17.5. The molecule has 0 radical (unpaired) electrons. The highest BCUT2D eigenvalue weighted by molar-refractivity contribution is 7.89. The van der Waals surface area contributed by atoms with E-state index in [0.717, 1.165) is 0 Å². The zero-order valence-corrected chi connectivity index (χ0v) is 19.1. The smallest absolute Gasteiger partial charge is 0.342 e. The number of amides is 1. The van der Waals surface area contributed by atoms with Gasteiger partial charge in [0.1, 0.15) is 11.3 Å². The molecule has 0 bridgehead atoms. The van der Waals surface area contributed by atoms with Gasteiger partial charge in [-0.1, -0.05) is 11.6 Å². The van der Waals surface area contributed by atoms with Gasteiger partial charge in [0.15, 0.2) is 6.10 Å². The zero-order chi connectivity index (χ0) is 23.3. The molecule has 0 aliphatic carbocycles. The Balaban J connectivity index is 1.63. The second-order valence-electron chi connectivity index (χ2n) is 6.92. The summed E-state index contributed by atoms with van der Waals surface area (Å²) >= 11 is 5.92. The second kappa shape index (κ2) is 10.3. The quantitative estimate of drug-likeness (QED) is 0.603. The molecule has 2 aromatic rings. The summed E-state index contributed by atoms with van der Waals surface area (Å²) in [5.41, 5.74) is 0.455. The summed E-state index contributed by atoms with van der Waals surface area (Å²) in [4.78, 5) is 25.0. The van der Waals surface area contributed by atoms with Gasteiger partial charge in [-0.15, -0.1) is 0 Å². The van der Waals surface area contributed by atoms with Gasteiger partial charge in [-0.2, -0.15) is 4.31 Å². The van der Waals surface area contributed by atoms with Crippen LogP contribution in [0.5, 0.6) is 5.75 Å². The van der Waals surface area contributed by atoms with Crippen LogP contribution in [0.2, 0.25) is 5.02 Å². The first-order valence-electron chi connectivity index (χ1n) is 9.75. The molecule has 9 nitrogen and oxygen atoms in total. The molecule has 32 heavy (non-hydrogen) atoms. The van der Waals surface area contributed by atoms with Gasteiger partial charge in [0.2, 0.25) is 10.0 Å². The van der Waals surface area contributed by atoms with Crippen molar-refractivity contribution in [3.63, 3.8) is 0 Å². The maximum Gasteiger partial charge on any atom is 0.342 e. The highest BCUT2D eigenvalue weighted by atomic mass is 35.5. The van der Waals surface area contributed by atoms with Gasteiger partial charge in [0.25, 0.3) is 5.91 Å². The molecule has 1 fully saturated rings. The van der Waals surface area contributed by atoms with Crippen LogP contribution in [-0.2, 0) is 24.3 Å². The molecule has 172 valence electrons. The minimum absolute atomic E-state index is 0.0947. The number of hydrogen-bond acceptors (Lipinski definition) is 7. The van der Waals surface area contributed by atoms with Crippen LogP contribution in [0, 0.1) is 0 Å². The topological polar surface area (TPSA) is 111 Å². The summed E-state index contributed by atoms with van der Waals surface area (Å²) in [6, 6.07) is 10.2. The van der Waals surface area contributed by atoms with E-state index in [1.54, 1.807) is 6.07 Å². The van der Waals surface area contributed by atoms with Crippen molar-refractivity contribution in [1.29, 1.82) is 0 Å². The minimum atomic E-state index is -3.63. The lowest BCUT2D eigenvalue weighted by atomic mass is 10.2. The molecule has 3 rings (SSSR count). The number of sulfonamides is 1. The lowest BCUT2D eigenvalue weighted by Crippen LogP contribution is -2.40. The minimum Gasteiger partial charge on any atom is -0.496 e. The monoisotopic (exact) mass is 482 g/mol. The number of anilines is 1. The fourth-order valence-corrected chi connectivity index (χ4v) is 4.59. The first-order valence-corrected chi connectivity index (χ1v) is 11.6. The Labute approximate surface area is 191 Å². The second-order valence-corrected chi connectivity index (χ2v) is 9.30. The van der Waals surface area contributed by atoms with Crippen molar-refractivity contribution < 1.29 is 32.2 Å². The molecular formula is C21H23ClN2O7S. The molecule has 1 saturated heterocycles. The molecule has 1 amide bonds. The molecule has 0 saturated carbocycles. The Morgan fingerprint density at radius 3 is 2.41 bits per heavy atom. The normalized spacial score (nSPS) is 15.6. The number of carbonyl (C=O) groups is 2. The molecule has 1 heterocycles. The van der Waals surface area contributed by atoms with Crippen molar-refractivity contribution in [1.82, 2.24) is 4.31 Å². The fraction of sp³-hybridized carbons (Fsp3) is 0.333. The van der Waals surface area contributed by atoms with Gasteiger partial charge in [-0.3, -0.25) is 4.79 Å². The van der Waals surface area contributed by atoms with Crippen molar-refractivity contribution >= 4 is 39.2 Å². The van der Waals surface area contributed by atoms with Crippen LogP contribution in [0.25, 0.3) is 0 Å². The van der Waals surface area contributed by atoms with E-state index in [-0.39, 0.29) is 16.2 Å². The molecule has 1 aliphatic rings. The van der Waals surface area contributed by atoms with Crippen LogP contribution < -0.4 is 10.1 Å². The standard InChI is InChI=1S/C21H23ClN2O7S/c1-14(31-21(26)18-13-15(22)3-8-19(18)29-2)20(25)23-16-4-6-17(7-5-16)32(27,28)24-9-11-30-12-10-24/h3-8,13-14H,9-12H2,1-2H3,(H,23,25). The van der Waals surface area contributed by atoms with Crippen LogP contribution >= 0.6 is 11.6 Å². The Morgan fingerprint density at radius 1 is 1.12 bits per heavy atom. The predicted octanol–water partition coefficient (Wildman–Crippen LogP) is 2.55. The molecule has 0 spiro atoms. The highest BCUT2D eigenvalue weighted by Gasteiger charge is 2.26. The first-order chi connectivity index (χ1) is 15.2. The van der Waals surface area contributed by atoms with E-state index in [4.69, 9.17) is 25.8 Å². The van der Waals surface area contributed by atoms with Crippen molar-refractivity contribution in [2.75, 3.05) is 38.7 Å². The third-order valence-electron chi connectivity index (χ3n) is 4.76. The van der Waals surface area contributed by atoms with Crippen LogP contribution in [0.4, 0.5) is 5.69 Å². The number of nitrogens with zero attached hydrogens (tertiary/aromatic N) is 1. The van der Waals surface area contributed by atoms with E-state index in [0.29, 0.717) is 37.0 Å². The molecule has 0 aromatic heterocycles. The summed E-state index contributed by atoms with van der Waals surface area (Å²) in [6.07, 6.45) is -1.12. The lowest BCUT2D eigenvalue weighted by molar-refractivity contribution is -0.123. The predicted molar refractivity (Wildman–Crippen MR) is 118 cm³/mol. The summed E-state index contributed by atoms with van der Waals surface area (Å²) < 4.78 is 42.2. The summed E-state index contributed by atoms with van der Waals surface area (Å²) in [5.74, 6) is -1.08. The van der Waals surface area contributed by atoms with Crippen molar-refractivity contribution in [3.05, 3.63) is 53.1 Å². The van der Waals surface area contributed by atoms with Gasteiger partial charge in [-0.05, 0) is 49.4 Å². The SMILES string of the molecule is COc1ccc(Cl)cc1C(=O)OC(C)C(=O)Nc1ccc(S(=O)(=O)N2CCOCC2)cc1. The van der Waals surface area contributed by atoms with E-state index >= 15 is 0 Å². The number of nitrogens with one attached hydrogen (secondary N) is 1. The molecular weight excluding hydrogens is 460 g/mol. The number of esters is 1. The molecule has 1 atom stereocenters. The number of rotatable bonds is 7. The van der Waals surface area contributed by atoms with Gasteiger partial charge in [0, 0.05) is 23.8 Å². The Hall–Kier alpha value is -2.66. The third kappa shape index (κ3) is 5.57. The van der Waals surface area contributed by atoms with E-state index in [1.165, 1.54) is 54.7 Å². The Kier molecular flexibility index (Phi) is 7.73. The molecule has 2 aromatic carbocycles. The number of methoxy groups -OCH3 is 1. The van der Waals surface area contributed by atoms with E-state index in [9.17, 15) is 18.0 Å². The van der Waals surface area contributed by atoms with Gasteiger partial charge >= 0.3 is 5.97 Å². The number of morpholine rings is 1. The highest BCUT2D eigenvalue weighted by Crippen LogP contribution is 2.24. The number of benzene rings is 2. The number of carbonyl (C=O) groups excluding carboxylic acids is 2. The van der Waals surface area contributed by atoms with Crippen LogP contribution in [0.1, 0.15) is 17.3 Å². The number of hydrogen-bond donors (Lipinski definition) is 1. The molecule has 1 unspecified atom stereocenters. The summed E-state index contributed by atoms with van der Waals surface area (Å²) in [6.45, 7) is 2.71. The van der Waals surface area contributed by atoms with E-state index < -0.39 is 28.0 Å². The molecule has 1 N–H and O–H groups in total. The Bertz CT molecular complexity index is 1080. The van der Waals surface area contributed by atoms with Gasteiger partial charge in [-0.25, -0.2) is 13.2 Å². The first kappa shape index (κ1) is 24.0. The number of halogens is 1.